The van der Waals surface area contributed by atoms with E-state index in [0.29, 0.717) is 12.0 Å². The topological polar surface area (TPSA) is 28.2 Å². The second-order valence-electron chi connectivity index (χ2n) is 5.32. The summed E-state index contributed by atoms with van der Waals surface area (Å²) in [4.78, 5) is 6.97. The van der Waals surface area contributed by atoms with Crippen LogP contribution in [0.4, 0.5) is 0 Å². The molecule has 0 amide bonds. The Labute approximate surface area is 124 Å². The normalized spacial score (nSPS) is 25.2. The molecule has 0 aliphatic carbocycles. The number of aromatic nitrogens is 1. The van der Waals surface area contributed by atoms with Gasteiger partial charge in [-0.1, -0.05) is 13.3 Å². The maximum Gasteiger partial charge on any atom is 0.0410 e. The molecule has 0 radical (unpaired) electrons. The van der Waals surface area contributed by atoms with E-state index in [2.05, 4.69) is 51.2 Å². The molecule has 1 fully saturated rings. The lowest BCUT2D eigenvalue weighted by molar-refractivity contribution is 0.162. The van der Waals surface area contributed by atoms with Crippen LogP contribution in [-0.2, 0) is 0 Å². The van der Waals surface area contributed by atoms with Crippen molar-refractivity contribution in [2.45, 2.75) is 32.2 Å². The van der Waals surface area contributed by atoms with Crippen molar-refractivity contribution >= 4 is 15.9 Å². The van der Waals surface area contributed by atoms with E-state index >= 15 is 0 Å². The summed E-state index contributed by atoms with van der Waals surface area (Å²) in [5.41, 5.74) is 1.35. The molecule has 0 aromatic carbocycles. The van der Waals surface area contributed by atoms with Crippen LogP contribution < -0.4 is 5.32 Å². The lowest BCUT2D eigenvalue weighted by Gasteiger charge is -2.34. The Bertz CT molecular complexity index is 397. The van der Waals surface area contributed by atoms with Crippen molar-refractivity contribution in [1.29, 1.82) is 0 Å². The Balaban J connectivity index is 2.31. The lowest BCUT2D eigenvalue weighted by Crippen LogP contribution is -2.36. The molecule has 1 N–H and O–H groups in total. The van der Waals surface area contributed by atoms with Gasteiger partial charge in [0, 0.05) is 22.9 Å². The van der Waals surface area contributed by atoms with Gasteiger partial charge in [0.1, 0.15) is 0 Å². The standard InChI is InChI=1S/C15H24BrN3/c1-3-19-7-5-4-6-12(9-17-2)15(19)13-8-14(16)11-18-10-13/h8,10-12,15,17H,3-7,9H2,1-2H3. The summed E-state index contributed by atoms with van der Waals surface area (Å²) < 4.78 is 1.08. The number of nitrogens with one attached hydrogen (secondary N) is 1. The molecule has 19 heavy (non-hydrogen) atoms. The van der Waals surface area contributed by atoms with Gasteiger partial charge in [0.2, 0.25) is 0 Å². The third kappa shape index (κ3) is 3.77. The number of hydrogen-bond acceptors (Lipinski definition) is 3. The van der Waals surface area contributed by atoms with E-state index in [9.17, 15) is 0 Å². The highest BCUT2D eigenvalue weighted by Crippen LogP contribution is 2.35. The highest BCUT2D eigenvalue weighted by molar-refractivity contribution is 9.10. The zero-order valence-electron chi connectivity index (χ0n) is 11.9. The Morgan fingerprint density at radius 1 is 1.42 bits per heavy atom. The number of likely N-dealkylation sites (tertiary alicyclic amines) is 1. The van der Waals surface area contributed by atoms with Crippen molar-refractivity contribution < 1.29 is 0 Å². The van der Waals surface area contributed by atoms with Gasteiger partial charge in [0.05, 0.1) is 0 Å². The number of nitrogens with zero attached hydrogens (tertiary/aromatic N) is 2. The Morgan fingerprint density at radius 3 is 2.95 bits per heavy atom. The summed E-state index contributed by atoms with van der Waals surface area (Å²) in [5.74, 6) is 0.670. The van der Waals surface area contributed by atoms with Gasteiger partial charge in [-0.25, -0.2) is 0 Å². The van der Waals surface area contributed by atoms with Crippen molar-refractivity contribution in [3.05, 3.63) is 28.5 Å². The van der Waals surface area contributed by atoms with E-state index in [1.54, 1.807) is 0 Å². The summed E-state index contributed by atoms with van der Waals surface area (Å²) in [6.45, 7) is 5.65. The highest BCUT2D eigenvalue weighted by atomic mass is 79.9. The van der Waals surface area contributed by atoms with Gasteiger partial charge in [0.15, 0.2) is 0 Å². The van der Waals surface area contributed by atoms with Gasteiger partial charge in [0.25, 0.3) is 0 Å². The Hall–Kier alpha value is -0.450. The fourth-order valence-electron chi connectivity index (χ4n) is 3.22. The van der Waals surface area contributed by atoms with Crippen molar-refractivity contribution in [1.82, 2.24) is 15.2 Å². The summed E-state index contributed by atoms with van der Waals surface area (Å²) in [5, 5.41) is 3.37. The second-order valence-corrected chi connectivity index (χ2v) is 6.24. The summed E-state index contributed by atoms with van der Waals surface area (Å²) >= 11 is 3.55. The number of hydrogen-bond donors (Lipinski definition) is 1. The largest absolute Gasteiger partial charge is 0.319 e. The predicted octanol–water partition coefficient (Wildman–Crippen LogP) is 3.23. The highest BCUT2D eigenvalue weighted by Gasteiger charge is 2.30. The van der Waals surface area contributed by atoms with E-state index in [0.717, 1.165) is 17.6 Å². The van der Waals surface area contributed by atoms with Crippen LogP contribution in [0.5, 0.6) is 0 Å². The van der Waals surface area contributed by atoms with Crippen molar-refractivity contribution in [3.8, 4) is 0 Å². The van der Waals surface area contributed by atoms with Gasteiger partial charge < -0.3 is 5.32 Å². The van der Waals surface area contributed by atoms with Crippen LogP contribution in [0.1, 0.15) is 37.8 Å². The third-order valence-corrected chi connectivity index (χ3v) is 4.48. The van der Waals surface area contributed by atoms with Crippen LogP contribution in [0.3, 0.4) is 0 Å². The Kier molecular flexibility index (Phi) is 5.79. The molecule has 2 rings (SSSR count). The molecule has 0 bridgehead atoms. The van der Waals surface area contributed by atoms with Crippen LogP contribution in [0, 0.1) is 5.92 Å². The predicted molar refractivity (Wildman–Crippen MR) is 83.2 cm³/mol. The summed E-state index contributed by atoms with van der Waals surface area (Å²) in [6.07, 6.45) is 7.84. The molecule has 1 aliphatic rings. The molecule has 1 aromatic heterocycles. The Morgan fingerprint density at radius 2 is 2.26 bits per heavy atom. The maximum absolute atomic E-state index is 4.36. The first-order valence-corrected chi connectivity index (χ1v) is 8.04. The molecule has 2 heterocycles. The molecule has 106 valence electrons. The first kappa shape index (κ1) is 14.9. The minimum atomic E-state index is 0.491. The van der Waals surface area contributed by atoms with Crippen LogP contribution >= 0.6 is 15.9 Å². The fraction of sp³-hybridized carbons (Fsp3) is 0.667. The average molecular weight is 326 g/mol. The van der Waals surface area contributed by atoms with E-state index in [4.69, 9.17) is 0 Å². The van der Waals surface area contributed by atoms with E-state index < -0.39 is 0 Å². The second kappa shape index (κ2) is 7.36. The molecule has 2 unspecified atom stereocenters. The third-order valence-electron chi connectivity index (χ3n) is 4.05. The number of rotatable bonds is 4. The number of halogens is 1. The van der Waals surface area contributed by atoms with E-state index in [-0.39, 0.29) is 0 Å². The van der Waals surface area contributed by atoms with Gasteiger partial charge in [-0.05, 0) is 73.0 Å². The van der Waals surface area contributed by atoms with Crippen LogP contribution in [-0.4, -0.2) is 36.6 Å². The van der Waals surface area contributed by atoms with Crippen LogP contribution in [0.15, 0.2) is 22.9 Å². The SMILES string of the molecule is CCN1CCCCC(CNC)C1c1cncc(Br)c1. The molecule has 4 heteroatoms. The van der Waals surface area contributed by atoms with Crippen molar-refractivity contribution in [2.24, 2.45) is 5.92 Å². The van der Waals surface area contributed by atoms with Crippen LogP contribution in [0.2, 0.25) is 0 Å². The average Bonchev–Trinajstić information content (AvgIpc) is 2.61. The lowest BCUT2D eigenvalue weighted by atomic mass is 9.90. The molecule has 1 aromatic rings. The maximum atomic E-state index is 4.36. The summed E-state index contributed by atoms with van der Waals surface area (Å²) in [7, 11) is 2.05. The van der Waals surface area contributed by atoms with Gasteiger partial charge in [-0.2, -0.15) is 0 Å². The molecule has 2 atom stereocenters. The number of pyridine rings is 1. The molecule has 1 saturated heterocycles. The zero-order chi connectivity index (χ0) is 13.7. The van der Waals surface area contributed by atoms with Crippen molar-refractivity contribution in [2.75, 3.05) is 26.7 Å². The molecule has 0 spiro atoms. The smallest absolute Gasteiger partial charge is 0.0410 e. The fourth-order valence-corrected chi connectivity index (χ4v) is 3.60. The quantitative estimate of drug-likeness (QED) is 0.921. The first-order valence-electron chi connectivity index (χ1n) is 7.25. The molecule has 0 saturated carbocycles. The monoisotopic (exact) mass is 325 g/mol. The van der Waals surface area contributed by atoms with Crippen LogP contribution in [0.25, 0.3) is 0 Å². The summed E-state index contributed by atoms with van der Waals surface area (Å²) in [6, 6.07) is 2.72. The van der Waals surface area contributed by atoms with E-state index in [1.165, 1.54) is 31.4 Å². The molecular formula is C15H24BrN3. The molecular weight excluding hydrogens is 302 g/mol. The van der Waals surface area contributed by atoms with Gasteiger partial charge in [-0.15, -0.1) is 0 Å². The molecule has 1 aliphatic heterocycles. The molecule has 3 nitrogen and oxygen atoms in total. The minimum absolute atomic E-state index is 0.491. The zero-order valence-corrected chi connectivity index (χ0v) is 13.5. The van der Waals surface area contributed by atoms with Gasteiger partial charge >= 0.3 is 0 Å². The van der Waals surface area contributed by atoms with E-state index in [1.807, 2.05) is 12.4 Å². The van der Waals surface area contributed by atoms with Crippen molar-refractivity contribution in [3.63, 3.8) is 0 Å². The first-order chi connectivity index (χ1) is 9.26. The van der Waals surface area contributed by atoms with Gasteiger partial charge in [-0.3, -0.25) is 9.88 Å². The minimum Gasteiger partial charge on any atom is -0.319 e.